The molecule has 1 heterocycles. The Labute approximate surface area is 279 Å². The summed E-state index contributed by atoms with van der Waals surface area (Å²) in [5, 5.41) is 4.45. The molecule has 0 radical (unpaired) electrons. The van der Waals surface area contributed by atoms with E-state index in [9.17, 15) is 0 Å². The Balaban J connectivity index is 1.79. The molecule has 4 rings (SSSR count). The van der Waals surface area contributed by atoms with Gasteiger partial charge in [-0.2, -0.15) is 0 Å². The van der Waals surface area contributed by atoms with E-state index in [-0.39, 0.29) is 29.2 Å². The average Bonchev–Trinajstić information content (AvgIpc) is 3.01. The summed E-state index contributed by atoms with van der Waals surface area (Å²) in [5.74, 6) is 0.882. The average molecular weight is 684 g/mol. The van der Waals surface area contributed by atoms with E-state index in [2.05, 4.69) is 168 Å². The number of benzene rings is 3. The van der Waals surface area contributed by atoms with Gasteiger partial charge in [0.15, 0.2) is 14.3 Å². The van der Waals surface area contributed by atoms with Gasteiger partial charge in [-0.3, -0.25) is 0 Å². The SMILES string of the molecule is CC(C[C@H](C)[C@@H](O[Si](C)(C)C(C)(C)C)[C@H](C)[C@H]1OC(P(C)P)OC[C@@H]1C)[P+](c1ccccc1)(c1ccccc1)c1ccccc1. The van der Waals surface area contributed by atoms with Gasteiger partial charge in [-0.1, -0.05) is 96.1 Å². The van der Waals surface area contributed by atoms with Crippen molar-refractivity contribution in [1.82, 2.24) is 0 Å². The van der Waals surface area contributed by atoms with Crippen molar-refractivity contribution in [2.45, 2.75) is 96.9 Å². The first-order valence-corrected chi connectivity index (χ1v) is 24.9. The normalized spacial score (nSPS) is 23.1. The fourth-order valence-corrected chi connectivity index (χ4v) is 14.6. The Morgan fingerprint density at radius 1 is 0.867 bits per heavy atom. The molecule has 3 aromatic rings. The molecule has 3 aromatic carbocycles. The maximum Gasteiger partial charge on any atom is 0.192 e. The van der Waals surface area contributed by atoms with Crippen molar-refractivity contribution in [3.63, 3.8) is 0 Å². The van der Waals surface area contributed by atoms with Gasteiger partial charge in [0, 0.05) is 11.8 Å². The van der Waals surface area contributed by atoms with Gasteiger partial charge in [-0.05, 0) is 88.1 Å². The van der Waals surface area contributed by atoms with E-state index in [0.717, 1.165) is 13.0 Å². The van der Waals surface area contributed by atoms with Crippen molar-refractivity contribution >= 4 is 48.0 Å². The molecule has 0 spiro atoms. The molecule has 1 aliphatic rings. The standard InChI is InChI=1S/C38H58O3P3Si/c1-28(36(41-45(9,10)38(5,6)7)31(4)35-29(2)27-39-37(40-35)43(8)42)26-30(3)44(32-20-14-11-15-21-32,33-22-16-12-17-23-33)34-24-18-13-19-25-34/h11-25,28-31,35-37H,26-27,42H2,1-10H3/q+1/t28-,29-,30?,31+,35-,36+,37?,43?/m0/s1. The van der Waals surface area contributed by atoms with Gasteiger partial charge in [0.1, 0.15) is 23.2 Å². The first kappa shape index (κ1) is 36.9. The fraction of sp³-hybridized carbons (Fsp3) is 0.526. The zero-order valence-corrected chi connectivity index (χ0v) is 33.3. The summed E-state index contributed by atoms with van der Waals surface area (Å²) in [6.45, 7) is 24.5. The predicted octanol–water partition coefficient (Wildman–Crippen LogP) is 9.66. The highest BCUT2D eigenvalue weighted by Crippen LogP contribution is 2.61. The van der Waals surface area contributed by atoms with Gasteiger partial charge in [0.25, 0.3) is 0 Å². The zero-order valence-electron chi connectivity index (χ0n) is 29.3. The van der Waals surface area contributed by atoms with E-state index in [1.165, 1.54) is 15.9 Å². The molecule has 45 heavy (non-hydrogen) atoms. The predicted molar refractivity (Wildman–Crippen MR) is 206 cm³/mol. The molecule has 1 fully saturated rings. The van der Waals surface area contributed by atoms with E-state index in [1.807, 2.05) is 0 Å². The van der Waals surface area contributed by atoms with Gasteiger partial charge in [-0.15, -0.1) is 8.93 Å². The highest BCUT2D eigenvalue weighted by molar-refractivity contribution is 8.13. The summed E-state index contributed by atoms with van der Waals surface area (Å²) < 4.78 is 20.4. The molecule has 3 nitrogen and oxygen atoms in total. The summed E-state index contributed by atoms with van der Waals surface area (Å²) in [6, 6.07) is 33.8. The maximum absolute atomic E-state index is 7.48. The molecule has 0 saturated carbocycles. The van der Waals surface area contributed by atoms with Crippen LogP contribution in [-0.4, -0.2) is 45.5 Å². The van der Waals surface area contributed by atoms with Crippen LogP contribution in [0.1, 0.15) is 54.9 Å². The zero-order chi connectivity index (χ0) is 33.0. The van der Waals surface area contributed by atoms with Crippen LogP contribution in [0.15, 0.2) is 91.0 Å². The molecule has 7 heteroatoms. The van der Waals surface area contributed by atoms with Gasteiger partial charge in [0.2, 0.25) is 0 Å². The Kier molecular flexibility index (Phi) is 12.7. The van der Waals surface area contributed by atoms with Crippen LogP contribution in [0.25, 0.3) is 0 Å². The number of hydrogen-bond acceptors (Lipinski definition) is 3. The third kappa shape index (κ3) is 8.20. The number of rotatable bonds is 12. The quantitative estimate of drug-likeness (QED) is 0.141. The molecular formula is C38H58O3P3Si+. The first-order chi connectivity index (χ1) is 21.2. The Hall–Kier alpha value is -0.953. The van der Waals surface area contributed by atoms with E-state index in [0.29, 0.717) is 17.5 Å². The van der Waals surface area contributed by atoms with Gasteiger partial charge < -0.3 is 13.9 Å². The van der Waals surface area contributed by atoms with Crippen LogP contribution in [-0.2, 0) is 13.9 Å². The fourth-order valence-electron chi connectivity index (χ4n) is 6.97. The Morgan fingerprint density at radius 3 is 1.71 bits per heavy atom. The lowest BCUT2D eigenvalue weighted by Crippen LogP contribution is -2.52. The molecule has 4 unspecified atom stereocenters. The van der Waals surface area contributed by atoms with Crippen molar-refractivity contribution in [2.75, 3.05) is 13.3 Å². The molecular weight excluding hydrogens is 625 g/mol. The van der Waals surface area contributed by atoms with Crippen LogP contribution in [0.2, 0.25) is 18.1 Å². The highest BCUT2D eigenvalue weighted by atomic mass is 32.0. The van der Waals surface area contributed by atoms with Gasteiger partial charge in [0.05, 0.1) is 24.5 Å². The van der Waals surface area contributed by atoms with Crippen LogP contribution in [0.4, 0.5) is 0 Å². The minimum Gasteiger partial charge on any atom is -0.413 e. The lowest BCUT2D eigenvalue weighted by atomic mass is 9.82. The summed E-state index contributed by atoms with van der Waals surface area (Å²) in [5.41, 5.74) is 0.397. The van der Waals surface area contributed by atoms with Crippen molar-refractivity contribution in [2.24, 2.45) is 17.8 Å². The lowest BCUT2D eigenvalue weighted by molar-refractivity contribution is -0.213. The topological polar surface area (TPSA) is 27.7 Å². The minimum atomic E-state index is -2.08. The first-order valence-electron chi connectivity index (χ1n) is 16.7. The van der Waals surface area contributed by atoms with E-state index >= 15 is 0 Å². The molecule has 1 saturated heterocycles. The second-order valence-corrected chi connectivity index (χ2v) is 27.7. The third-order valence-corrected chi connectivity index (χ3v) is 21.4. The molecule has 9 atom stereocenters. The lowest BCUT2D eigenvalue weighted by Gasteiger charge is -2.47. The summed E-state index contributed by atoms with van der Waals surface area (Å²) in [7, 11) is -1.59. The van der Waals surface area contributed by atoms with E-state index in [1.54, 1.807) is 0 Å². The van der Waals surface area contributed by atoms with Crippen LogP contribution in [0, 0.1) is 17.8 Å². The second-order valence-electron chi connectivity index (χ2n) is 14.9. The van der Waals surface area contributed by atoms with Crippen molar-refractivity contribution in [1.29, 1.82) is 0 Å². The largest absolute Gasteiger partial charge is 0.413 e. The van der Waals surface area contributed by atoms with Crippen LogP contribution in [0.5, 0.6) is 0 Å². The van der Waals surface area contributed by atoms with Crippen molar-refractivity contribution in [3.05, 3.63) is 91.0 Å². The monoisotopic (exact) mass is 683 g/mol. The molecule has 0 N–H and O–H groups in total. The third-order valence-electron chi connectivity index (χ3n) is 10.4. The summed E-state index contributed by atoms with van der Waals surface area (Å²) in [6.07, 6.45) is 1.23. The Bertz CT molecular complexity index is 1220. The second kappa shape index (κ2) is 15.5. The molecule has 0 aliphatic carbocycles. The van der Waals surface area contributed by atoms with E-state index < -0.39 is 23.2 Å². The molecule has 246 valence electrons. The highest BCUT2D eigenvalue weighted by Gasteiger charge is 2.52. The van der Waals surface area contributed by atoms with Gasteiger partial charge >= 0.3 is 0 Å². The Morgan fingerprint density at radius 2 is 1.31 bits per heavy atom. The smallest absolute Gasteiger partial charge is 0.192 e. The summed E-state index contributed by atoms with van der Waals surface area (Å²) in [4.78, 5) is 0. The van der Waals surface area contributed by atoms with Gasteiger partial charge in [-0.25, -0.2) is 0 Å². The van der Waals surface area contributed by atoms with Crippen LogP contribution < -0.4 is 15.9 Å². The number of hydrogen-bond donors (Lipinski definition) is 0. The molecule has 1 aliphatic heterocycles. The van der Waals surface area contributed by atoms with Crippen LogP contribution in [0.3, 0.4) is 0 Å². The molecule has 0 amide bonds. The minimum absolute atomic E-state index is 0.0800. The number of ether oxygens (including phenoxy) is 2. The molecule has 0 aromatic heterocycles. The van der Waals surface area contributed by atoms with E-state index in [4.69, 9.17) is 13.9 Å². The van der Waals surface area contributed by atoms with Crippen molar-refractivity contribution in [3.8, 4) is 0 Å². The maximum atomic E-state index is 7.48. The molecule has 0 bridgehead atoms. The van der Waals surface area contributed by atoms with Crippen molar-refractivity contribution < 1.29 is 13.9 Å². The van der Waals surface area contributed by atoms with Crippen LogP contribution >= 0.6 is 23.8 Å². The summed E-state index contributed by atoms with van der Waals surface area (Å²) >= 11 is 0.